The number of aliphatic hydroxyl groups is 1. The van der Waals surface area contributed by atoms with E-state index in [9.17, 15) is 19.1 Å². The summed E-state index contributed by atoms with van der Waals surface area (Å²) in [6, 6.07) is 7.86. The number of rotatable bonds is 4. The number of aryl methyl sites for hydroxylation is 1. The number of ketones is 1. The zero-order chi connectivity index (χ0) is 19.1. The summed E-state index contributed by atoms with van der Waals surface area (Å²) in [6.45, 7) is 1.74. The lowest BCUT2D eigenvalue weighted by molar-refractivity contribution is -0.117. The Morgan fingerprint density at radius 1 is 1.22 bits per heavy atom. The second-order valence-corrected chi connectivity index (χ2v) is 7.91. The molecule has 1 aliphatic heterocycles. The lowest BCUT2D eigenvalue weighted by Gasteiger charge is -2.23. The van der Waals surface area contributed by atoms with Gasteiger partial charge in [-0.25, -0.2) is 4.39 Å². The fraction of sp³-hybridized carbons (Fsp3) is 0.111. The van der Waals surface area contributed by atoms with E-state index in [1.807, 2.05) is 0 Å². The molecule has 3 heterocycles. The summed E-state index contributed by atoms with van der Waals surface area (Å²) in [5.41, 5.74) is 0.434. The number of hydrogen-bond acceptors (Lipinski definition) is 7. The normalized spacial score (nSPS) is 17.0. The number of Topliss-reactive ketones (excluding diaryl/α,β-unsaturated/α-hetero) is 1. The first kappa shape index (κ1) is 17.5. The number of benzene rings is 1. The Morgan fingerprint density at radius 3 is 2.56 bits per heavy atom. The molecule has 0 fully saturated rings. The smallest absolute Gasteiger partial charge is 0.296 e. The van der Waals surface area contributed by atoms with Crippen LogP contribution < -0.4 is 4.90 Å². The van der Waals surface area contributed by atoms with Gasteiger partial charge in [-0.15, -0.1) is 21.5 Å². The van der Waals surface area contributed by atoms with Gasteiger partial charge in [-0.05, 0) is 36.1 Å². The van der Waals surface area contributed by atoms with Gasteiger partial charge < -0.3 is 5.11 Å². The largest absolute Gasteiger partial charge is 0.503 e. The zero-order valence-electron chi connectivity index (χ0n) is 13.9. The maximum atomic E-state index is 13.4. The van der Waals surface area contributed by atoms with Crippen LogP contribution in [0.4, 0.5) is 9.52 Å². The molecule has 1 unspecified atom stereocenters. The van der Waals surface area contributed by atoms with Crippen molar-refractivity contribution >= 4 is 39.5 Å². The molecule has 1 aromatic carbocycles. The highest BCUT2D eigenvalue weighted by Gasteiger charge is 2.46. The Kier molecular flexibility index (Phi) is 4.33. The van der Waals surface area contributed by atoms with Crippen molar-refractivity contribution in [1.29, 1.82) is 0 Å². The molecule has 0 bridgehead atoms. The van der Waals surface area contributed by atoms with Gasteiger partial charge in [0.05, 0.1) is 16.5 Å². The predicted molar refractivity (Wildman–Crippen MR) is 99.6 cm³/mol. The van der Waals surface area contributed by atoms with E-state index in [4.69, 9.17) is 0 Å². The van der Waals surface area contributed by atoms with Gasteiger partial charge >= 0.3 is 0 Å². The van der Waals surface area contributed by atoms with E-state index >= 15 is 0 Å². The molecule has 1 amide bonds. The number of hydrogen-bond donors (Lipinski definition) is 1. The third-order valence-corrected chi connectivity index (χ3v) is 5.81. The summed E-state index contributed by atoms with van der Waals surface area (Å²) in [4.78, 5) is 27.4. The molecule has 136 valence electrons. The molecule has 0 aliphatic carbocycles. The molecule has 9 heteroatoms. The Morgan fingerprint density at radius 2 is 1.96 bits per heavy atom. The van der Waals surface area contributed by atoms with E-state index in [0.717, 1.165) is 0 Å². The van der Waals surface area contributed by atoms with Crippen LogP contribution in [0.2, 0.25) is 0 Å². The number of amides is 1. The van der Waals surface area contributed by atoms with Crippen molar-refractivity contribution in [2.24, 2.45) is 0 Å². The molecule has 0 saturated heterocycles. The van der Waals surface area contributed by atoms with Crippen LogP contribution in [-0.2, 0) is 4.79 Å². The third-order valence-electron chi connectivity index (χ3n) is 4.10. The van der Waals surface area contributed by atoms with Crippen molar-refractivity contribution in [3.8, 4) is 0 Å². The Bertz CT molecular complexity index is 1060. The van der Waals surface area contributed by atoms with E-state index in [-0.39, 0.29) is 10.7 Å². The summed E-state index contributed by atoms with van der Waals surface area (Å²) < 4.78 is 13.4. The number of carbonyl (C=O) groups excluding carboxylic acids is 2. The molecule has 0 spiro atoms. The molecule has 6 nitrogen and oxygen atoms in total. The second-order valence-electron chi connectivity index (χ2n) is 5.80. The van der Waals surface area contributed by atoms with Crippen molar-refractivity contribution in [3.63, 3.8) is 0 Å². The molecule has 1 atom stereocenters. The molecule has 4 rings (SSSR count). The highest BCUT2D eigenvalue weighted by molar-refractivity contribution is 7.15. The Labute approximate surface area is 161 Å². The number of carbonyl (C=O) groups is 2. The van der Waals surface area contributed by atoms with Crippen LogP contribution in [0.1, 0.15) is 26.3 Å². The van der Waals surface area contributed by atoms with Crippen LogP contribution in [0.15, 0.2) is 53.1 Å². The van der Waals surface area contributed by atoms with Crippen molar-refractivity contribution in [1.82, 2.24) is 10.2 Å². The first-order valence-electron chi connectivity index (χ1n) is 7.88. The standard InChI is InChI=1S/C18H12FN3O3S2/c1-9-20-21-18(27-9)22-14(10-4-6-11(19)7-5-10)13(16(24)17(22)25)15(23)12-3-2-8-26-12/h2-8,14,24H,1H3. The molecule has 2 aromatic heterocycles. The quantitative estimate of drug-likeness (QED) is 0.672. The van der Waals surface area contributed by atoms with Gasteiger partial charge in [-0.1, -0.05) is 29.5 Å². The highest BCUT2D eigenvalue weighted by Crippen LogP contribution is 2.43. The minimum absolute atomic E-state index is 0.0538. The van der Waals surface area contributed by atoms with Gasteiger partial charge in [0, 0.05) is 0 Å². The van der Waals surface area contributed by atoms with Crippen LogP contribution in [0.3, 0.4) is 0 Å². The van der Waals surface area contributed by atoms with E-state index in [1.54, 1.807) is 24.4 Å². The van der Waals surface area contributed by atoms with E-state index in [1.165, 1.54) is 51.8 Å². The molecule has 27 heavy (non-hydrogen) atoms. The fourth-order valence-corrected chi connectivity index (χ4v) is 4.31. The van der Waals surface area contributed by atoms with Gasteiger partial charge in [-0.3, -0.25) is 14.5 Å². The fourth-order valence-electron chi connectivity index (χ4n) is 2.92. The van der Waals surface area contributed by atoms with Gasteiger partial charge in [0.1, 0.15) is 10.8 Å². The van der Waals surface area contributed by atoms with Crippen LogP contribution in [-0.4, -0.2) is 27.0 Å². The highest BCUT2D eigenvalue weighted by atomic mass is 32.1. The molecule has 1 aliphatic rings. The summed E-state index contributed by atoms with van der Waals surface area (Å²) >= 11 is 2.38. The number of aliphatic hydroxyl groups excluding tert-OH is 1. The van der Waals surface area contributed by atoms with Gasteiger partial charge in [0.2, 0.25) is 10.9 Å². The van der Waals surface area contributed by atoms with Crippen molar-refractivity contribution in [3.05, 3.63) is 74.4 Å². The lowest BCUT2D eigenvalue weighted by Crippen LogP contribution is -2.31. The number of thiophene rings is 1. The van der Waals surface area contributed by atoms with Crippen molar-refractivity contribution in [2.75, 3.05) is 4.90 Å². The number of aromatic nitrogens is 2. The van der Waals surface area contributed by atoms with Gasteiger partial charge in [-0.2, -0.15) is 0 Å². The first-order valence-corrected chi connectivity index (χ1v) is 9.57. The zero-order valence-corrected chi connectivity index (χ0v) is 15.6. The van der Waals surface area contributed by atoms with Gasteiger partial charge in [0.25, 0.3) is 5.91 Å². The van der Waals surface area contributed by atoms with Crippen molar-refractivity contribution < 1.29 is 19.1 Å². The SMILES string of the molecule is Cc1nnc(N2C(=O)C(O)=C(C(=O)c3cccs3)C2c2ccc(F)cc2)s1. The number of nitrogens with zero attached hydrogens (tertiary/aromatic N) is 3. The predicted octanol–water partition coefficient (Wildman–Crippen LogP) is 3.83. The molecular formula is C18H12FN3O3S2. The third kappa shape index (κ3) is 2.94. The topological polar surface area (TPSA) is 83.4 Å². The van der Waals surface area contributed by atoms with Crippen LogP contribution in [0, 0.1) is 12.7 Å². The Hall–Kier alpha value is -2.91. The number of halogens is 1. The first-order chi connectivity index (χ1) is 13.0. The van der Waals surface area contributed by atoms with Crippen LogP contribution >= 0.6 is 22.7 Å². The average molecular weight is 401 g/mol. The maximum Gasteiger partial charge on any atom is 0.296 e. The average Bonchev–Trinajstić information content (AvgIpc) is 3.37. The summed E-state index contributed by atoms with van der Waals surface area (Å²) in [5.74, 6) is -2.26. The molecule has 1 N–H and O–H groups in total. The lowest BCUT2D eigenvalue weighted by atomic mass is 9.95. The maximum absolute atomic E-state index is 13.4. The molecular weight excluding hydrogens is 389 g/mol. The van der Waals surface area contributed by atoms with Crippen LogP contribution in [0.25, 0.3) is 0 Å². The molecule has 3 aromatic rings. The molecule has 0 saturated carbocycles. The summed E-state index contributed by atoms with van der Waals surface area (Å²) in [7, 11) is 0. The van der Waals surface area contributed by atoms with E-state index in [2.05, 4.69) is 10.2 Å². The molecule has 0 radical (unpaired) electrons. The number of anilines is 1. The minimum Gasteiger partial charge on any atom is -0.503 e. The van der Waals surface area contributed by atoms with Gasteiger partial charge in [0.15, 0.2) is 5.76 Å². The minimum atomic E-state index is -0.917. The Balaban J connectivity index is 1.88. The van der Waals surface area contributed by atoms with Crippen LogP contribution in [0.5, 0.6) is 0 Å². The summed E-state index contributed by atoms with van der Waals surface area (Å²) in [5, 5.41) is 21.0. The van der Waals surface area contributed by atoms with E-state index in [0.29, 0.717) is 15.4 Å². The summed E-state index contributed by atoms with van der Waals surface area (Å²) in [6.07, 6.45) is 0. The van der Waals surface area contributed by atoms with E-state index < -0.39 is 29.3 Å². The second kappa shape index (κ2) is 6.67. The monoisotopic (exact) mass is 401 g/mol. The van der Waals surface area contributed by atoms with Crippen molar-refractivity contribution in [2.45, 2.75) is 13.0 Å².